The van der Waals surface area contributed by atoms with Gasteiger partial charge in [-0.2, -0.15) is 13.2 Å². The SMILES string of the molecule is Cc1cc(C)c(OC[C@@H](O)C[C@@H](O)CC(=O)O)c(C(c2ccc(F)cc2)c2cccc(C(F)(F)F)c2)c1. The number of carbonyl (C=O) groups is 1. The molecular weight excluding hydrogens is 492 g/mol. The lowest BCUT2D eigenvalue weighted by Gasteiger charge is -2.25. The number of alkyl halides is 3. The van der Waals surface area contributed by atoms with Crippen molar-refractivity contribution in [1.82, 2.24) is 0 Å². The molecule has 37 heavy (non-hydrogen) atoms. The van der Waals surface area contributed by atoms with Crippen molar-refractivity contribution in [3.8, 4) is 5.75 Å². The molecule has 3 atom stereocenters. The first-order chi connectivity index (χ1) is 17.3. The van der Waals surface area contributed by atoms with Gasteiger partial charge in [-0.25, -0.2) is 4.39 Å². The summed E-state index contributed by atoms with van der Waals surface area (Å²) in [7, 11) is 0. The van der Waals surface area contributed by atoms with E-state index in [4.69, 9.17) is 9.84 Å². The molecule has 0 heterocycles. The topological polar surface area (TPSA) is 87.0 Å². The molecule has 0 radical (unpaired) electrons. The number of hydrogen-bond donors (Lipinski definition) is 3. The van der Waals surface area contributed by atoms with Gasteiger partial charge in [0.25, 0.3) is 0 Å². The second-order valence-electron chi connectivity index (χ2n) is 9.06. The maximum absolute atomic E-state index is 13.7. The van der Waals surface area contributed by atoms with Crippen molar-refractivity contribution in [2.75, 3.05) is 6.61 Å². The van der Waals surface area contributed by atoms with Crippen LogP contribution in [0.2, 0.25) is 0 Å². The zero-order valence-electron chi connectivity index (χ0n) is 20.3. The van der Waals surface area contributed by atoms with Crippen LogP contribution in [-0.4, -0.2) is 40.1 Å². The molecule has 3 aromatic carbocycles. The largest absolute Gasteiger partial charge is 0.490 e. The van der Waals surface area contributed by atoms with Crippen LogP contribution < -0.4 is 4.74 Å². The third kappa shape index (κ3) is 7.53. The van der Waals surface area contributed by atoms with Crippen molar-refractivity contribution in [2.24, 2.45) is 0 Å². The first-order valence-corrected chi connectivity index (χ1v) is 11.6. The van der Waals surface area contributed by atoms with E-state index in [2.05, 4.69) is 0 Å². The van der Waals surface area contributed by atoms with Gasteiger partial charge in [-0.1, -0.05) is 48.0 Å². The Morgan fingerprint density at radius 1 is 0.946 bits per heavy atom. The Kier molecular flexibility index (Phi) is 8.94. The van der Waals surface area contributed by atoms with Crippen molar-refractivity contribution in [3.63, 3.8) is 0 Å². The number of aliphatic hydroxyl groups is 2. The van der Waals surface area contributed by atoms with E-state index in [0.717, 1.165) is 17.7 Å². The number of aryl methyl sites for hydroxylation is 2. The van der Waals surface area contributed by atoms with E-state index in [-0.39, 0.29) is 13.0 Å². The van der Waals surface area contributed by atoms with E-state index in [1.807, 2.05) is 13.0 Å². The van der Waals surface area contributed by atoms with Crippen molar-refractivity contribution >= 4 is 5.97 Å². The van der Waals surface area contributed by atoms with E-state index in [1.165, 1.54) is 30.3 Å². The van der Waals surface area contributed by atoms with Crippen LogP contribution in [0.5, 0.6) is 5.75 Å². The van der Waals surface area contributed by atoms with Crippen LogP contribution in [0.4, 0.5) is 17.6 Å². The van der Waals surface area contributed by atoms with Crippen LogP contribution in [-0.2, 0) is 11.0 Å². The van der Waals surface area contributed by atoms with Gasteiger partial charge in [-0.05, 0) is 48.7 Å². The van der Waals surface area contributed by atoms with Gasteiger partial charge in [-0.15, -0.1) is 0 Å². The average Bonchev–Trinajstić information content (AvgIpc) is 2.79. The van der Waals surface area contributed by atoms with Crippen LogP contribution in [0.15, 0.2) is 60.7 Å². The predicted octanol–water partition coefficient (Wildman–Crippen LogP) is 5.61. The highest BCUT2D eigenvalue weighted by Gasteiger charge is 2.32. The van der Waals surface area contributed by atoms with Gasteiger partial charge >= 0.3 is 12.1 Å². The second-order valence-corrected chi connectivity index (χ2v) is 9.06. The molecule has 5 nitrogen and oxygen atoms in total. The van der Waals surface area contributed by atoms with Crippen molar-refractivity contribution < 1.29 is 42.4 Å². The quantitative estimate of drug-likeness (QED) is 0.239. The van der Waals surface area contributed by atoms with E-state index < -0.39 is 48.1 Å². The van der Waals surface area contributed by atoms with Gasteiger partial charge in [0.05, 0.1) is 24.2 Å². The standard InChI is InChI=1S/C28H28F4O5/c1-16-10-17(2)27(37-15-23(34)13-22(33)14-25(35)36)24(11-16)26(18-6-8-21(29)9-7-18)19-4-3-5-20(12-19)28(30,31)32/h3-12,22-23,26,33-34H,13-15H2,1-2H3,(H,35,36)/t22-,23+,26?/m1/s1. The van der Waals surface area contributed by atoms with E-state index in [1.54, 1.807) is 19.1 Å². The maximum atomic E-state index is 13.7. The number of aliphatic hydroxyl groups excluding tert-OH is 2. The van der Waals surface area contributed by atoms with Crippen molar-refractivity contribution in [2.45, 2.75) is 51.0 Å². The normalized spacial score (nSPS) is 14.2. The molecule has 9 heteroatoms. The number of carboxylic acid groups (broad SMARTS) is 1. The van der Waals surface area contributed by atoms with Crippen LogP contribution >= 0.6 is 0 Å². The molecule has 3 rings (SSSR count). The molecule has 0 amide bonds. The van der Waals surface area contributed by atoms with Gasteiger partial charge in [-0.3, -0.25) is 4.79 Å². The van der Waals surface area contributed by atoms with E-state index in [9.17, 15) is 32.6 Å². The first-order valence-electron chi connectivity index (χ1n) is 11.6. The minimum Gasteiger partial charge on any atom is -0.490 e. The number of aliphatic carboxylic acids is 1. The fraction of sp³-hybridized carbons (Fsp3) is 0.321. The van der Waals surface area contributed by atoms with Gasteiger partial charge < -0.3 is 20.1 Å². The molecular formula is C28H28F4O5. The molecule has 0 saturated carbocycles. The summed E-state index contributed by atoms with van der Waals surface area (Å²) in [6.45, 7) is 3.29. The summed E-state index contributed by atoms with van der Waals surface area (Å²) in [5, 5.41) is 28.9. The Hall–Kier alpha value is -3.43. The molecule has 198 valence electrons. The number of halogens is 4. The minimum absolute atomic E-state index is 0.235. The highest BCUT2D eigenvalue weighted by molar-refractivity contribution is 5.67. The third-order valence-electron chi connectivity index (χ3n) is 5.88. The van der Waals surface area contributed by atoms with E-state index in [0.29, 0.717) is 28.0 Å². The number of benzene rings is 3. The minimum atomic E-state index is -4.56. The van der Waals surface area contributed by atoms with Crippen LogP contribution in [0.25, 0.3) is 0 Å². The molecule has 3 aromatic rings. The number of rotatable bonds is 10. The highest BCUT2D eigenvalue weighted by atomic mass is 19.4. The van der Waals surface area contributed by atoms with Crippen molar-refractivity contribution in [1.29, 1.82) is 0 Å². The zero-order valence-corrected chi connectivity index (χ0v) is 20.3. The lowest BCUT2D eigenvalue weighted by Crippen LogP contribution is -2.26. The summed E-state index contributed by atoms with van der Waals surface area (Å²) in [6, 6.07) is 13.9. The Balaban J connectivity index is 2.06. The Bertz CT molecular complexity index is 1220. The summed E-state index contributed by atoms with van der Waals surface area (Å²) in [5.41, 5.74) is 2.01. The summed E-state index contributed by atoms with van der Waals surface area (Å²) in [6.07, 6.45) is -7.80. The molecule has 0 aliphatic rings. The van der Waals surface area contributed by atoms with Crippen molar-refractivity contribution in [3.05, 3.63) is 99.9 Å². The van der Waals surface area contributed by atoms with Gasteiger partial charge in [0.2, 0.25) is 0 Å². The third-order valence-corrected chi connectivity index (χ3v) is 5.88. The fourth-order valence-corrected chi connectivity index (χ4v) is 4.35. The lowest BCUT2D eigenvalue weighted by atomic mass is 9.82. The number of carboxylic acids is 1. The maximum Gasteiger partial charge on any atom is 0.416 e. The summed E-state index contributed by atoms with van der Waals surface area (Å²) >= 11 is 0. The van der Waals surface area contributed by atoms with Gasteiger partial charge in [0, 0.05) is 17.9 Å². The monoisotopic (exact) mass is 520 g/mol. The molecule has 0 aliphatic heterocycles. The molecule has 0 spiro atoms. The van der Waals surface area contributed by atoms with Crippen LogP contribution in [0, 0.1) is 19.7 Å². The number of ether oxygens (including phenoxy) is 1. The Morgan fingerprint density at radius 2 is 1.62 bits per heavy atom. The Morgan fingerprint density at radius 3 is 2.24 bits per heavy atom. The molecule has 0 aromatic heterocycles. The zero-order chi connectivity index (χ0) is 27.3. The second kappa shape index (κ2) is 11.7. The number of hydrogen-bond acceptors (Lipinski definition) is 4. The molecule has 1 unspecified atom stereocenters. The summed E-state index contributed by atoms with van der Waals surface area (Å²) in [5.74, 6) is -2.14. The van der Waals surface area contributed by atoms with Gasteiger partial charge in [0.15, 0.2) is 0 Å². The molecule has 3 N–H and O–H groups in total. The lowest BCUT2D eigenvalue weighted by molar-refractivity contribution is -0.140. The van der Waals surface area contributed by atoms with E-state index >= 15 is 0 Å². The Labute approximate surface area is 212 Å². The summed E-state index contributed by atoms with van der Waals surface area (Å²) < 4.78 is 60.2. The molecule has 0 bridgehead atoms. The molecule has 0 saturated heterocycles. The fourth-order valence-electron chi connectivity index (χ4n) is 4.35. The smallest absolute Gasteiger partial charge is 0.416 e. The summed E-state index contributed by atoms with van der Waals surface area (Å²) in [4.78, 5) is 10.8. The molecule has 0 aliphatic carbocycles. The van der Waals surface area contributed by atoms with Crippen LogP contribution in [0.3, 0.4) is 0 Å². The average molecular weight is 521 g/mol. The van der Waals surface area contributed by atoms with Gasteiger partial charge in [0.1, 0.15) is 18.2 Å². The van der Waals surface area contributed by atoms with Crippen LogP contribution in [0.1, 0.15) is 52.1 Å². The predicted molar refractivity (Wildman–Crippen MR) is 129 cm³/mol. The molecule has 0 fully saturated rings. The highest BCUT2D eigenvalue weighted by Crippen LogP contribution is 2.41. The first kappa shape index (κ1) is 28.1.